The fraction of sp³-hybridized carbons (Fsp3) is 0.286. The molecule has 0 fully saturated rings. The van der Waals surface area contributed by atoms with Crippen molar-refractivity contribution in [1.29, 1.82) is 0 Å². The van der Waals surface area contributed by atoms with Crippen LogP contribution in [0.1, 0.15) is 48.7 Å². The smallest absolute Gasteiger partial charge is 0.229 e. The van der Waals surface area contributed by atoms with Gasteiger partial charge in [0.1, 0.15) is 0 Å². The predicted molar refractivity (Wildman–Crippen MR) is 66.9 cm³/mol. The van der Waals surface area contributed by atoms with Crippen LogP contribution in [0.25, 0.3) is 5.57 Å². The van der Waals surface area contributed by atoms with Crippen LogP contribution in [0.5, 0.6) is 0 Å². The molecule has 18 heavy (non-hydrogen) atoms. The minimum absolute atomic E-state index is 0.202. The summed E-state index contributed by atoms with van der Waals surface area (Å²) in [4.78, 5) is 4.37. The zero-order valence-corrected chi connectivity index (χ0v) is 10.3. The Hall–Kier alpha value is -1.94. The number of benzene rings is 1. The molecule has 0 aliphatic heterocycles. The second-order valence-electron chi connectivity index (χ2n) is 4.72. The number of aromatic nitrogens is 2. The van der Waals surface area contributed by atoms with Gasteiger partial charge in [-0.2, -0.15) is 4.98 Å². The van der Waals surface area contributed by atoms with Gasteiger partial charge in [-0.3, -0.25) is 0 Å². The van der Waals surface area contributed by atoms with Crippen molar-refractivity contribution in [3.63, 3.8) is 0 Å². The number of nitrogens with zero attached hydrogens (tertiary/aromatic N) is 2. The van der Waals surface area contributed by atoms with Crippen molar-refractivity contribution in [2.24, 2.45) is 0 Å². The molecule has 92 valence electrons. The van der Waals surface area contributed by atoms with Gasteiger partial charge >= 0.3 is 0 Å². The summed E-state index contributed by atoms with van der Waals surface area (Å²) in [5, 5.41) is 14.0. The summed E-state index contributed by atoms with van der Waals surface area (Å²) >= 11 is 0. The van der Waals surface area contributed by atoms with Crippen molar-refractivity contribution in [3.8, 4) is 0 Å². The molecule has 2 aromatic rings. The lowest BCUT2D eigenvalue weighted by molar-refractivity contribution is 0.232. The fourth-order valence-electron chi connectivity index (χ4n) is 2.11. The highest BCUT2D eigenvalue weighted by Gasteiger charge is 2.25. The van der Waals surface area contributed by atoms with Crippen LogP contribution in [0.4, 0.5) is 0 Å². The largest absolute Gasteiger partial charge is 0.384 e. The summed E-state index contributed by atoms with van der Waals surface area (Å²) in [6, 6.07) is 7.72. The fourth-order valence-corrected chi connectivity index (χ4v) is 2.11. The van der Waals surface area contributed by atoms with Crippen molar-refractivity contribution in [2.45, 2.75) is 25.9 Å². The predicted octanol–water partition coefficient (Wildman–Crippen LogP) is 2.67. The Morgan fingerprint density at radius 3 is 2.78 bits per heavy atom. The van der Waals surface area contributed by atoms with Crippen LogP contribution in [-0.2, 0) is 0 Å². The van der Waals surface area contributed by atoms with E-state index in [1.165, 1.54) is 0 Å². The Morgan fingerprint density at radius 1 is 1.28 bits per heavy atom. The van der Waals surface area contributed by atoms with E-state index < -0.39 is 6.10 Å². The minimum Gasteiger partial charge on any atom is -0.384 e. The first-order valence-electron chi connectivity index (χ1n) is 6.00. The molecule has 1 aromatic carbocycles. The van der Waals surface area contributed by atoms with Crippen LogP contribution in [-0.4, -0.2) is 15.2 Å². The minimum atomic E-state index is -0.586. The van der Waals surface area contributed by atoms with Gasteiger partial charge in [-0.25, -0.2) is 0 Å². The third-order valence-electron chi connectivity index (χ3n) is 3.07. The van der Waals surface area contributed by atoms with E-state index in [9.17, 15) is 5.11 Å². The van der Waals surface area contributed by atoms with E-state index in [1.807, 2.05) is 38.1 Å². The van der Waals surface area contributed by atoms with Crippen molar-refractivity contribution in [1.82, 2.24) is 10.1 Å². The molecule has 0 bridgehead atoms. The molecule has 0 saturated carbocycles. The summed E-state index contributed by atoms with van der Waals surface area (Å²) in [5.74, 6) is 1.36. The third kappa shape index (κ3) is 1.66. The van der Waals surface area contributed by atoms with Gasteiger partial charge in [0.25, 0.3) is 0 Å². The van der Waals surface area contributed by atoms with Gasteiger partial charge in [-0.15, -0.1) is 0 Å². The molecule has 1 aliphatic rings. The van der Waals surface area contributed by atoms with Crippen molar-refractivity contribution < 1.29 is 9.63 Å². The topological polar surface area (TPSA) is 59.2 Å². The van der Waals surface area contributed by atoms with E-state index in [-0.39, 0.29) is 5.92 Å². The Bertz CT molecular complexity index is 614. The molecule has 1 N–H and O–H groups in total. The lowest BCUT2D eigenvalue weighted by Crippen LogP contribution is -1.91. The maximum Gasteiger partial charge on any atom is 0.229 e. The number of fused-ring (bicyclic) bond motifs is 1. The van der Waals surface area contributed by atoms with E-state index >= 15 is 0 Å². The summed E-state index contributed by atoms with van der Waals surface area (Å²) in [7, 11) is 0. The average Bonchev–Trinajstić information content (AvgIpc) is 2.95. The van der Waals surface area contributed by atoms with Gasteiger partial charge in [0, 0.05) is 11.5 Å². The van der Waals surface area contributed by atoms with Gasteiger partial charge in [-0.1, -0.05) is 43.3 Å². The highest BCUT2D eigenvalue weighted by Crippen LogP contribution is 2.37. The molecule has 4 heteroatoms. The standard InChI is InChI=1S/C14H14N2O2/c1-8(2)14-15-13(16-18-14)11-7-12(17)10-6-4-3-5-9(10)11/h3-8,12,17H,1-2H3. The molecular weight excluding hydrogens is 228 g/mol. The lowest BCUT2D eigenvalue weighted by Gasteiger charge is -2.02. The molecule has 0 spiro atoms. The van der Waals surface area contributed by atoms with Gasteiger partial charge in [0.2, 0.25) is 11.7 Å². The molecule has 0 amide bonds. The number of hydrogen-bond donors (Lipinski definition) is 1. The van der Waals surface area contributed by atoms with Crippen LogP contribution in [0.3, 0.4) is 0 Å². The number of aliphatic hydroxyl groups excluding tert-OH is 1. The summed E-state index contributed by atoms with van der Waals surface area (Å²) in [6.45, 7) is 4.01. The molecule has 4 nitrogen and oxygen atoms in total. The van der Waals surface area contributed by atoms with E-state index in [4.69, 9.17) is 4.52 Å². The van der Waals surface area contributed by atoms with Gasteiger partial charge in [0.15, 0.2) is 0 Å². The number of hydrogen-bond acceptors (Lipinski definition) is 4. The molecule has 1 heterocycles. The van der Waals surface area contributed by atoms with Crippen molar-refractivity contribution in [3.05, 3.63) is 53.2 Å². The molecule has 1 atom stereocenters. The molecule has 0 radical (unpaired) electrons. The quantitative estimate of drug-likeness (QED) is 0.879. The average molecular weight is 242 g/mol. The molecule has 1 aromatic heterocycles. The highest BCUT2D eigenvalue weighted by molar-refractivity contribution is 5.82. The first-order valence-corrected chi connectivity index (χ1v) is 6.00. The van der Waals surface area contributed by atoms with E-state index in [2.05, 4.69) is 10.1 Å². The van der Waals surface area contributed by atoms with Gasteiger partial charge in [-0.05, 0) is 17.2 Å². The van der Waals surface area contributed by atoms with E-state index in [1.54, 1.807) is 6.08 Å². The Balaban J connectivity index is 2.05. The second-order valence-corrected chi connectivity index (χ2v) is 4.72. The monoisotopic (exact) mass is 242 g/mol. The van der Waals surface area contributed by atoms with Crippen LogP contribution in [0.2, 0.25) is 0 Å². The number of aliphatic hydroxyl groups is 1. The van der Waals surface area contributed by atoms with E-state index in [0.29, 0.717) is 11.7 Å². The Kier molecular flexibility index (Phi) is 2.52. The Morgan fingerprint density at radius 2 is 2.06 bits per heavy atom. The van der Waals surface area contributed by atoms with Gasteiger partial charge in [0.05, 0.1) is 6.10 Å². The Labute approximate surface area is 105 Å². The van der Waals surface area contributed by atoms with Gasteiger partial charge < -0.3 is 9.63 Å². The zero-order chi connectivity index (χ0) is 12.7. The van der Waals surface area contributed by atoms with Crippen molar-refractivity contribution in [2.75, 3.05) is 0 Å². The maximum absolute atomic E-state index is 9.97. The molecule has 3 rings (SSSR count). The second kappa shape index (κ2) is 4.07. The molecule has 0 saturated heterocycles. The normalized spacial score (nSPS) is 18.0. The zero-order valence-electron chi connectivity index (χ0n) is 10.3. The van der Waals surface area contributed by atoms with Crippen LogP contribution in [0.15, 0.2) is 34.9 Å². The van der Waals surface area contributed by atoms with Crippen molar-refractivity contribution >= 4 is 5.57 Å². The molecule has 1 aliphatic carbocycles. The molecule has 1 unspecified atom stereocenters. The summed E-state index contributed by atoms with van der Waals surface area (Å²) in [5.41, 5.74) is 2.71. The van der Waals surface area contributed by atoms with E-state index in [0.717, 1.165) is 16.7 Å². The number of rotatable bonds is 2. The lowest BCUT2D eigenvalue weighted by atomic mass is 10.1. The first kappa shape index (κ1) is 11.2. The first-order chi connectivity index (χ1) is 8.66. The van der Waals surface area contributed by atoms with Crippen LogP contribution in [0, 0.1) is 0 Å². The third-order valence-corrected chi connectivity index (χ3v) is 3.07. The molecular formula is C14H14N2O2. The maximum atomic E-state index is 9.97. The van der Waals surface area contributed by atoms with Crippen LogP contribution >= 0.6 is 0 Å². The highest BCUT2D eigenvalue weighted by atomic mass is 16.5. The summed E-state index contributed by atoms with van der Waals surface area (Å²) in [6.07, 6.45) is 1.18. The SMILES string of the molecule is CC(C)c1nc(C2=CC(O)c3ccccc32)no1. The summed E-state index contributed by atoms with van der Waals surface area (Å²) < 4.78 is 5.21. The van der Waals surface area contributed by atoms with Crippen LogP contribution < -0.4 is 0 Å².